The summed E-state index contributed by atoms with van der Waals surface area (Å²) in [4.78, 5) is 14.4. The number of ether oxygens (including phenoxy) is 1. The fraction of sp³-hybridized carbons (Fsp3) is 0.867. The zero-order chi connectivity index (χ0) is 13.7. The lowest BCUT2D eigenvalue weighted by Crippen LogP contribution is -2.45. The molecule has 1 atom stereocenters. The summed E-state index contributed by atoms with van der Waals surface area (Å²) in [6.07, 6.45) is 6.81. The molecule has 2 fully saturated rings. The average Bonchev–Trinajstić information content (AvgIpc) is 2.48. The van der Waals surface area contributed by atoms with Crippen LogP contribution in [0.3, 0.4) is 0 Å². The molecule has 1 heterocycles. The first-order chi connectivity index (χ1) is 9.18. The van der Waals surface area contributed by atoms with E-state index in [0.717, 1.165) is 64.7 Å². The van der Waals surface area contributed by atoms with E-state index in [-0.39, 0.29) is 5.91 Å². The van der Waals surface area contributed by atoms with Gasteiger partial charge in [-0.15, -0.1) is 0 Å². The molecule has 1 amide bonds. The van der Waals surface area contributed by atoms with E-state index in [1.807, 2.05) is 7.05 Å². The Morgan fingerprint density at radius 2 is 2.11 bits per heavy atom. The van der Waals surface area contributed by atoms with Crippen LogP contribution in [0.1, 0.15) is 44.9 Å². The van der Waals surface area contributed by atoms with Crippen molar-refractivity contribution < 1.29 is 9.53 Å². The highest BCUT2D eigenvalue weighted by molar-refractivity contribution is 5.85. The van der Waals surface area contributed by atoms with E-state index in [1.165, 1.54) is 0 Å². The molecule has 0 N–H and O–H groups in total. The molecule has 1 saturated carbocycles. The molecule has 0 radical (unpaired) electrons. The second-order valence-electron chi connectivity index (χ2n) is 6.02. The fourth-order valence-corrected chi connectivity index (χ4v) is 3.32. The Hall–Kier alpha value is -1.08. The Bertz CT molecular complexity index is 350. The molecular formula is C15H24N2O2. The van der Waals surface area contributed by atoms with Gasteiger partial charge in [-0.3, -0.25) is 4.79 Å². The molecular weight excluding hydrogens is 240 g/mol. The van der Waals surface area contributed by atoms with Gasteiger partial charge in [0.1, 0.15) is 5.41 Å². The molecule has 0 bridgehead atoms. The number of carbonyl (C=O) groups excluding carboxylic acids is 1. The topological polar surface area (TPSA) is 53.3 Å². The van der Waals surface area contributed by atoms with Crippen LogP contribution in [-0.2, 0) is 9.53 Å². The second kappa shape index (κ2) is 6.38. The molecule has 0 aromatic heterocycles. The highest BCUT2D eigenvalue weighted by Gasteiger charge is 2.41. The van der Waals surface area contributed by atoms with Crippen LogP contribution < -0.4 is 0 Å². The Morgan fingerprint density at radius 1 is 1.37 bits per heavy atom. The van der Waals surface area contributed by atoms with Gasteiger partial charge in [-0.1, -0.05) is 19.3 Å². The lowest BCUT2D eigenvalue weighted by atomic mass is 9.74. The second-order valence-corrected chi connectivity index (χ2v) is 6.02. The minimum atomic E-state index is -0.747. The van der Waals surface area contributed by atoms with Crippen LogP contribution in [0.4, 0.5) is 0 Å². The van der Waals surface area contributed by atoms with Crippen LogP contribution in [0.25, 0.3) is 0 Å². The van der Waals surface area contributed by atoms with Crippen molar-refractivity contribution in [3.05, 3.63) is 0 Å². The molecule has 19 heavy (non-hydrogen) atoms. The van der Waals surface area contributed by atoms with Gasteiger partial charge in [-0.2, -0.15) is 5.26 Å². The zero-order valence-electron chi connectivity index (χ0n) is 11.9. The molecule has 0 aromatic rings. The van der Waals surface area contributed by atoms with E-state index >= 15 is 0 Å². The number of nitrogens with zero attached hydrogens (tertiary/aromatic N) is 2. The third-order valence-electron chi connectivity index (χ3n) is 4.46. The number of rotatable bonds is 3. The molecule has 1 aliphatic carbocycles. The number of hydrogen-bond acceptors (Lipinski definition) is 3. The van der Waals surface area contributed by atoms with E-state index < -0.39 is 5.41 Å². The maximum atomic E-state index is 12.6. The first-order valence-electron chi connectivity index (χ1n) is 7.42. The SMILES string of the molecule is CN(CC1CCCOC1)C(=O)C1(C#N)CCCCC1. The summed E-state index contributed by atoms with van der Waals surface area (Å²) in [5.74, 6) is 0.460. The molecule has 106 valence electrons. The summed E-state index contributed by atoms with van der Waals surface area (Å²) < 4.78 is 5.46. The molecule has 2 aliphatic rings. The number of nitriles is 1. The molecule has 0 aromatic carbocycles. The predicted octanol–water partition coefficient (Wildman–Crippen LogP) is 2.35. The van der Waals surface area contributed by atoms with E-state index in [2.05, 4.69) is 6.07 Å². The monoisotopic (exact) mass is 264 g/mol. The van der Waals surface area contributed by atoms with Gasteiger partial charge in [0, 0.05) is 20.2 Å². The van der Waals surface area contributed by atoms with Gasteiger partial charge in [0.2, 0.25) is 5.91 Å². The number of hydrogen-bond donors (Lipinski definition) is 0. The smallest absolute Gasteiger partial charge is 0.242 e. The average molecular weight is 264 g/mol. The molecule has 1 aliphatic heterocycles. The van der Waals surface area contributed by atoms with Gasteiger partial charge in [0.05, 0.1) is 12.7 Å². The summed E-state index contributed by atoms with van der Waals surface area (Å²) in [5, 5.41) is 9.44. The quantitative estimate of drug-likeness (QED) is 0.786. The first-order valence-corrected chi connectivity index (χ1v) is 7.42. The van der Waals surface area contributed by atoms with Crippen LogP contribution in [0.5, 0.6) is 0 Å². The van der Waals surface area contributed by atoms with E-state index in [0.29, 0.717) is 5.92 Å². The van der Waals surface area contributed by atoms with Gasteiger partial charge in [0.25, 0.3) is 0 Å². The van der Waals surface area contributed by atoms with Gasteiger partial charge >= 0.3 is 0 Å². The Kier molecular flexibility index (Phi) is 4.81. The lowest BCUT2D eigenvalue weighted by molar-refractivity contribution is -0.140. The Labute approximate surface area is 115 Å². The first kappa shape index (κ1) is 14.3. The van der Waals surface area contributed by atoms with Crippen LogP contribution in [0.15, 0.2) is 0 Å². The third kappa shape index (κ3) is 3.27. The summed E-state index contributed by atoms with van der Waals surface area (Å²) in [6, 6.07) is 2.31. The van der Waals surface area contributed by atoms with E-state index in [9.17, 15) is 10.1 Å². The summed E-state index contributed by atoms with van der Waals surface area (Å²) in [5.41, 5.74) is -0.747. The van der Waals surface area contributed by atoms with Gasteiger partial charge in [-0.05, 0) is 31.6 Å². The van der Waals surface area contributed by atoms with Crippen molar-refractivity contribution in [3.8, 4) is 6.07 Å². The summed E-state index contributed by atoms with van der Waals surface area (Å²) >= 11 is 0. The van der Waals surface area contributed by atoms with Gasteiger partial charge < -0.3 is 9.64 Å². The molecule has 1 saturated heterocycles. The molecule has 4 heteroatoms. The van der Waals surface area contributed by atoms with Crippen molar-refractivity contribution >= 4 is 5.91 Å². The number of amides is 1. The highest BCUT2D eigenvalue weighted by Crippen LogP contribution is 2.37. The molecule has 4 nitrogen and oxygen atoms in total. The van der Waals surface area contributed by atoms with Crippen molar-refractivity contribution in [2.45, 2.75) is 44.9 Å². The maximum Gasteiger partial charge on any atom is 0.242 e. The van der Waals surface area contributed by atoms with Crippen molar-refractivity contribution in [3.63, 3.8) is 0 Å². The largest absolute Gasteiger partial charge is 0.381 e. The predicted molar refractivity (Wildman–Crippen MR) is 72.3 cm³/mol. The minimum Gasteiger partial charge on any atom is -0.381 e. The maximum absolute atomic E-state index is 12.6. The summed E-state index contributed by atoms with van der Waals surface area (Å²) in [6.45, 7) is 2.32. The Morgan fingerprint density at radius 3 is 2.68 bits per heavy atom. The van der Waals surface area contributed by atoms with Gasteiger partial charge in [0.15, 0.2) is 0 Å². The van der Waals surface area contributed by atoms with Crippen LogP contribution in [0, 0.1) is 22.7 Å². The van der Waals surface area contributed by atoms with Crippen LogP contribution in [0.2, 0.25) is 0 Å². The van der Waals surface area contributed by atoms with Crippen LogP contribution >= 0.6 is 0 Å². The van der Waals surface area contributed by atoms with E-state index in [1.54, 1.807) is 4.90 Å². The third-order valence-corrected chi connectivity index (χ3v) is 4.46. The lowest BCUT2D eigenvalue weighted by Gasteiger charge is -2.35. The molecule has 2 rings (SSSR count). The van der Waals surface area contributed by atoms with E-state index in [4.69, 9.17) is 4.74 Å². The van der Waals surface area contributed by atoms with Crippen molar-refractivity contribution in [2.75, 3.05) is 26.8 Å². The van der Waals surface area contributed by atoms with Gasteiger partial charge in [-0.25, -0.2) is 0 Å². The van der Waals surface area contributed by atoms with Crippen molar-refractivity contribution in [1.29, 1.82) is 5.26 Å². The number of carbonyl (C=O) groups is 1. The standard InChI is InChI=1S/C15H24N2O2/c1-17(10-13-6-5-9-19-11-13)14(18)15(12-16)7-3-2-4-8-15/h13H,2-11H2,1H3. The Balaban J connectivity index is 1.95. The van der Waals surface area contributed by atoms with Crippen molar-refractivity contribution in [2.24, 2.45) is 11.3 Å². The summed E-state index contributed by atoms with van der Waals surface area (Å²) in [7, 11) is 1.84. The van der Waals surface area contributed by atoms with Crippen molar-refractivity contribution in [1.82, 2.24) is 4.90 Å². The zero-order valence-corrected chi connectivity index (χ0v) is 11.9. The fourth-order valence-electron chi connectivity index (χ4n) is 3.32. The normalized spacial score (nSPS) is 26.4. The molecule has 1 unspecified atom stereocenters. The minimum absolute atomic E-state index is 0.0280. The highest BCUT2D eigenvalue weighted by atomic mass is 16.5. The van der Waals surface area contributed by atoms with Crippen LogP contribution in [-0.4, -0.2) is 37.6 Å². The molecule has 0 spiro atoms.